The van der Waals surface area contributed by atoms with Crippen molar-refractivity contribution in [2.24, 2.45) is 11.8 Å². The molecule has 3 rings (SSSR count). The lowest BCUT2D eigenvalue weighted by Gasteiger charge is -2.38. The third kappa shape index (κ3) is 9.93. The summed E-state index contributed by atoms with van der Waals surface area (Å²) in [6, 6.07) is 10.1. The van der Waals surface area contributed by atoms with E-state index in [9.17, 15) is 20.1 Å². The van der Waals surface area contributed by atoms with Gasteiger partial charge in [-0.3, -0.25) is 4.79 Å². The smallest absolute Gasteiger partial charge is 0.182 e. The van der Waals surface area contributed by atoms with Crippen molar-refractivity contribution in [1.29, 1.82) is 0 Å². The molecule has 7 nitrogen and oxygen atoms in total. The van der Waals surface area contributed by atoms with E-state index >= 15 is 0 Å². The van der Waals surface area contributed by atoms with Crippen molar-refractivity contribution < 1.29 is 34.3 Å². The van der Waals surface area contributed by atoms with Crippen LogP contribution in [0.1, 0.15) is 58.1 Å². The Bertz CT molecular complexity index is 1410. The summed E-state index contributed by atoms with van der Waals surface area (Å²) in [4.78, 5) is 12.3. The standard InChI is InChI=1S/C36H44O7/c1-24(2)8-7-9-25(3)28-18-19-36(4,40)35(22-28)43-32-17-13-27(21-34(32)42-6)11-15-30(38)23-29(37)14-10-26-12-16-31(39)33(20-26)41-5/h8,10-21,23,25,28,35,38-40H,7,9,22H2,1-6H3/b14-10+,15-11+,30-23-/t25-,28+,35-,36+/m0/s1. The molecule has 4 atom stereocenters. The summed E-state index contributed by atoms with van der Waals surface area (Å²) in [7, 11) is 3.00. The highest BCUT2D eigenvalue weighted by Gasteiger charge is 2.38. The normalized spacial score (nSPS) is 21.1. The Labute approximate surface area is 255 Å². The highest BCUT2D eigenvalue weighted by atomic mass is 16.5. The fourth-order valence-electron chi connectivity index (χ4n) is 4.87. The Kier molecular flexibility index (Phi) is 11.8. The molecule has 0 aromatic heterocycles. The third-order valence-electron chi connectivity index (χ3n) is 7.56. The van der Waals surface area contributed by atoms with Gasteiger partial charge in [0.25, 0.3) is 0 Å². The number of carbonyl (C=O) groups excluding carboxylic acids is 1. The molecule has 2 aromatic carbocycles. The molecule has 7 heteroatoms. The van der Waals surface area contributed by atoms with Crippen LogP contribution >= 0.6 is 0 Å². The van der Waals surface area contributed by atoms with Gasteiger partial charge >= 0.3 is 0 Å². The number of rotatable bonds is 13. The van der Waals surface area contributed by atoms with Crippen LogP contribution in [0.5, 0.6) is 23.0 Å². The largest absolute Gasteiger partial charge is 0.508 e. The lowest BCUT2D eigenvalue weighted by atomic mass is 9.77. The highest BCUT2D eigenvalue weighted by Crippen LogP contribution is 2.38. The van der Waals surface area contributed by atoms with E-state index in [0.717, 1.165) is 24.5 Å². The number of carbonyl (C=O) groups is 1. The van der Waals surface area contributed by atoms with Gasteiger partial charge in [0.2, 0.25) is 0 Å². The van der Waals surface area contributed by atoms with Crippen LogP contribution in [0.2, 0.25) is 0 Å². The van der Waals surface area contributed by atoms with Crippen molar-refractivity contribution in [2.75, 3.05) is 14.2 Å². The maximum absolute atomic E-state index is 12.3. The van der Waals surface area contributed by atoms with Crippen LogP contribution in [-0.2, 0) is 4.79 Å². The van der Waals surface area contributed by atoms with E-state index in [1.165, 1.54) is 30.9 Å². The minimum atomic E-state index is -1.12. The molecule has 43 heavy (non-hydrogen) atoms. The van der Waals surface area contributed by atoms with Crippen molar-refractivity contribution in [3.63, 3.8) is 0 Å². The predicted octanol–water partition coefficient (Wildman–Crippen LogP) is 7.60. The second-order valence-corrected chi connectivity index (χ2v) is 11.4. The summed E-state index contributed by atoms with van der Waals surface area (Å²) in [5.41, 5.74) is 1.59. The van der Waals surface area contributed by atoms with E-state index in [1.807, 2.05) is 12.1 Å². The Balaban J connectivity index is 1.66. The van der Waals surface area contributed by atoms with E-state index in [2.05, 4.69) is 32.9 Å². The first-order valence-electron chi connectivity index (χ1n) is 14.5. The lowest BCUT2D eigenvalue weighted by Crippen LogP contribution is -2.46. The topological polar surface area (TPSA) is 105 Å². The van der Waals surface area contributed by atoms with Gasteiger partial charge in [0.15, 0.2) is 28.8 Å². The Morgan fingerprint density at radius 1 is 1.02 bits per heavy atom. The first-order chi connectivity index (χ1) is 20.4. The zero-order chi connectivity index (χ0) is 31.6. The van der Waals surface area contributed by atoms with Crippen LogP contribution in [0.25, 0.3) is 12.2 Å². The molecule has 0 fully saturated rings. The number of hydrogen-bond donors (Lipinski definition) is 3. The number of aliphatic hydroxyl groups is 2. The van der Waals surface area contributed by atoms with Gasteiger partial charge in [-0.1, -0.05) is 55.0 Å². The molecule has 0 saturated carbocycles. The highest BCUT2D eigenvalue weighted by molar-refractivity contribution is 6.02. The van der Waals surface area contributed by atoms with Gasteiger partial charge in [0, 0.05) is 6.08 Å². The maximum Gasteiger partial charge on any atom is 0.182 e. The van der Waals surface area contributed by atoms with Crippen LogP contribution in [0.15, 0.2) is 84.2 Å². The van der Waals surface area contributed by atoms with Gasteiger partial charge in [0.05, 0.1) is 14.2 Å². The Morgan fingerprint density at radius 3 is 2.35 bits per heavy atom. The number of methoxy groups -OCH3 is 2. The van der Waals surface area contributed by atoms with Crippen molar-refractivity contribution in [2.45, 2.75) is 58.7 Å². The number of benzene rings is 2. The minimum absolute atomic E-state index is 0.00687. The molecular weight excluding hydrogens is 544 g/mol. The first-order valence-corrected chi connectivity index (χ1v) is 14.5. The molecule has 0 aliphatic heterocycles. The molecule has 1 aliphatic carbocycles. The summed E-state index contributed by atoms with van der Waals surface area (Å²) in [6.45, 7) is 8.22. The van der Waals surface area contributed by atoms with Crippen molar-refractivity contribution >= 4 is 17.9 Å². The second kappa shape index (κ2) is 15.3. The quantitative estimate of drug-likeness (QED) is 0.0957. The van der Waals surface area contributed by atoms with E-state index in [4.69, 9.17) is 14.2 Å². The van der Waals surface area contributed by atoms with Crippen LogP contribution < -0.4 is 14.2 Å². The third-order valence-corrected chi connectivity index (χ3v) is 7.56. The monoisotopic (exact) mass is 588 g/mol. The number of phenolic OH excluding ortho intramolecular Hbond substituents is 1. The minimum Gasteiger partial charge on any atom is -0.508 e. The molecule has 0 amide bonds. The predicted molar refractivity (Wildman–Crippen MR) is 172 cm³/mol. The molecule has 0 heterocycles. The average molecular weight is 589 g/mol. The lowest BCUT2D eigenvalue weighted by molar-refractivity contribution is -0.110. The molecule has 0 unspecified atom stereocenters. The molecule has 2 aromatic rings. The first kappa shape index (κ1) is 33.3. The van der Waals surface area contributed by atoms with E-state index in [-0.39, 0.29) is 11.5 Å². The van der Waals surface area contributed by atoms with Crippen molar-refractivity contribution in [3.8, 4) is 23.0 Å². The molecule has 3 N–H and O–H groups in total. The molecule has 230 valence electrons. The zero-order valence-corrected chi connectivity index (χ0v) is 25.9. The SMILES string of the molecule is COc1cc(/C=C/C(=O)/C=C(O)/C=C/c2ccc(O[C@H]3C[C@H]([C@@H](C)CCC=C(C)C)C=C[C@@]3(C)O)c(OC)c2)ccc1O. The number of allylic oxidation sites excluding steroid dienone is 6. The molecule has 0 bridgehead atoms. The Morgan fingerprint density at radius 2 is 1.67 bits per heavy atom. The summed E-state index contributed by atoms with van der Waals surface area (Å²) in [5.74, 6) is 1.43. The summed E-state index contributed by atoms with van der Waals surface area (Å²) < 4.78 is 17.0. The molecule has 0 radical (unpaired) electrons. The second-order valence-electron chi connectivity index (χ2n) is 11.4. The van der Waals surface area contributed by atoms with E-state index in [0.29, 0.717) is 41.1 Å². The van der Waals surface area contributed by atoms with Gasteiger partial charge in [-0.05, 0) is 99.4 Å². The van der Waals surface area contributed by atoms with Crippen LogP contribution in [0.4, 0.5) is 0 Å². The number of aromatic hydroxyl groups is 1. The van der Waals surface area contributed by atoms with E-state index < -0.39 is 17.5 Å². The Hall–Kier alpha value is -4.23. The molecule has 1 aliphatic rings. The van der Waals surface area contributed by atoms with Gasteiger partial charge in [-0.15, -0.1) is 0 Å². The van der Waals surface area contributed by atoms with Gasteiger partial charge < -0.3 is 29.5 Å². The van der Waals surface area contributed by atoms with Crippen molar-refractivity contribution in [3.05, 3.63) is 95.3 Å². The maximum atomic E-state index is 12.3. The fourth-order valence-corrected chi connectivity index (χ4v) is 4.87. The van der Waals surface area contributed by atoms with Crippen LogP contribution in [0, 0.1) is 11.8 Å². The number of hydrogen-bond acceptors (Lipinski definition) is 7. The number of aliphatic hydroxyl groups excluding tert-OH is 1. The average Bonchev–Trinajstić information content (AvgIpc) is 2.96. The van der Waals surface area contributed by atoms with Gasteiger partial charge in [-0.25, -0.2) is 0 Å². The van der Waals surface area contributed by atoms with Crippen LogP contribution in [-0.4, -0.2) is 47.0 Å². The fraction of sp³-hybridized carbons (Fsp3) is 0.361. The van der Waals surface area contributed by atoms with E-state index in [1.54, 1.807) is 50.5 Å². The number of ketones is 1. The van der Waals surface area contributed by atoms with Crippen LogP contribution in [0.3, 0.4) is 0 Å². The summed E-state index contributed by atoms with van der Waals surface area (Å²) in [6.07, 6.45) is 15.6. The van der Waals surface area contributed by atoms with Crippen molar-refractivity contribution in [1.82, 2.24) is 0 Å². The molecule has 0 spiro atoms. The molecular formula is C36H44O7. The number of ether oxygens (including phenoxy) is 3. The number of phenols is 1. The summed E-state index contributed by atoms with van der Waals surface area (Å²) >= 11 is 0. The zero-order valence-electron chi connectivity index (χ0n) is 25.9. The van der Waals surface area contributed by atoms with Gasteiger partial charge in [0.1, 0.15) is 17.5 Å². The van der Waals surface area contributed by atoms with Gasteiger partial charge in [-0.2, -0.15) is 0 Å². The summed E-state index contributed by atoms with van der Waals surface area (Å²) in [5, 5.41) is 31.0. The molecule has 0 saturated heterocycles.